The molecule has 0 radical (unpaired) electrons. The molecule has 2 heterocycles. The summed E-state index contributed by atoms with van der Waals surface area (Å²) in [7, 11) is 0. The molecule has 4 heteroatoms. The number of hydrogen-bond acceptors (Lipinski definition) is 3. The van der Waals surface area contributed by atoms with Crippen molar-refractivity contribution in [3.05, 3.63) is 53.6 Å². The highest BCUT2D eigenvalue weighted by Gasteiger charge is 2.31. The van der Waals surface area contributed by atoms with Crippen LogP contribution in [0.3, 0.4) is 0 Å². The SMILES string of the molecule is CCc1cnc(C)nc1CC1CC(=O)N(c2ccccc2)C1. The fourth-order valence-electron chi connectivity index (χ4n) is 3.06. The average molecular weight is 295 g/mol. The molecule has 1 saturated heterocycles. The van der Waals surface area contributed by atoms with Gasteiger partial charge in [-0.25, -0.2) is 9.97 Å². The smallest absolute Gasteiger partial charge is 0.227 e. The van der Waals surface area contributed by atoms with Crippen molar-refractivity contribution in [2.24, 2.45) is 5.92 Å². The fourth-order valence-corrected chi connectivity index (χ4v) is 3.06. The monoisotopic (exact) mass is 295 g/mol. The lowest BCUT2D eigenvalue weighted by Crippen LogP contribution is -2.24. The van der Waals surface area contributed by atoms with E-state index in [9.17, 15) is 4.79 Å². The molecular formula is C18H21N3O. The van der Waals surface area contributed by atoms with Crippen LogP contribution < -0.4 is 4.90 Å². The minimum Gasteiger partial charge on any atom is -0.312 e. The van der Waals surface area contributed by atoms with Gasteiger partial charge in [-0.1, -0.05) is 25.1 Å². The number of benzene rings is 1. The molecule has 22 heavy (non-hydrogen) atoms. The van der Waals surface area contributed by atoms with Crippen LogP contribution in [-0.2, 0) is 17.6 Å². The molecule has 114 valence electrons. The minimum atomic E-state index is 0.208. The van der Waals surface area contributed by atoms with Crippen molar-refractivity contribution in [2.75, 3.05) is 11.4 Å². The van der Waals surface area contributed by atoms with Gasteiger partial charge < -0.3 is 4.90 Å². The van der Waals surface area contributed by atoms with Crippen LogP contribution in [0.5, 0.6) is 0 Å². The first kappa shape index (κ1) is 14.7. The van der Waals surface area contributed by atoms with Crippen molar-refractivity contribution in [2.45, 2.75) is 33.1 Å². The number of aryl methyl sites for hydroxylation is 2. The Bertz CT molecular complexity index is 669. The van der Waals surface area contributed by atoms with Crippen LogP contribution in [0.15, 0.2) is 36.5 Å². The molecule has 1 aromatic carbocycles. The van der Waals surface area contributed by atoms with E-state index in [2.05, 4.69) is 16.9 Å². The molecule has 1 atom stereocenters. The Morgan fingerprint density at radius 3 is 2.77 bits per heavy atom. The van der Waals surface area contributed by atoms with Gasteiger partial charge in [0, 0.05) is 30.5 Å². The van der Waals surface area contributed by atoms with E-state index in [-0.39, 0.29) is 5.91 Å². The zero-order valence-corrected chi connectivity index (χ0v) is 13.1. The summed E-state index contributed by atoms with van der Waals surface area (Å²) >= 11 is 0. The van der Waals surface area contributed by atoms with Gasteiger partial charge in [-0.2, -0.15) is 0 Å². The first-order chi connectivity index (χ1) is 10.7. The van der Waals surface area contributed by atoms with Crippen LogP contribution in [0.4, 0.5) is 5.69 Å². The molecule has 1 aliphatic rings. The van der Waals surface area contributed by atoms with Gasteiger partial charge in [0.2, 0.25) is 5.91 Å². The summed E-state index contributed by atoms with van der Waals surface area (Å²) in [6.45, 7) is 4.81. The van der Waals surface area contributed by atoms with Crippen molar-refractivity contribution in [3.8, 4) is 0 Å². The zero-order chi connectivity index (χ0) is 15.5. The van der Waals surface area contributed by atoms with Gasteiger partial charge in [-0.3, -0.25) is 4.79 Å². The second-order valence-electron chi connectivity index (χ2n) is 5.86. The Morgan fingerprint density at radius 2 is 2.05 bits per heavy atom. The van der Waals surface area contributed by atoms with E-state index < -0.39 is 0 Å². The third-order valence-corrected chi connectivity index (χ3v) is 4.21. The molecule has 1 amide bonds. The lowest BCUT2D eigenvalue weighted by Gasteiger charge is -2.17. The molecule has 0 saturated carbocycles. The quantitative estimate of drug-likeness (QED) is 0.871. The van der Waals surface area contributed by atoms with Crippen molar-refractivity contribution < 1.29 is 4.79 Å². The molecule has 1 aromatic heterocycles. The molecular weight excluding hydrogens is 274 g/mol. The molecule has 1 fully saturated rings. The fraction of sp³-hybridized carbons (Fsp3) is 0.389. The maximum absolute atomic E-state index is 12.3. The summed E-state index contributed by atoms with van der Waals surface area (Å²) in [6.07, 6.45) is 4.30. The molecule has 0 spiro atoms. The normalized spacial score (nSPS) is 18.0. The van der Waals surface area contributed by atoms with E-state index in [1.807, 2.05) is 48.4 Å². The molecule has 0 aliphatic carbocycles. The Labute approximate surface area is 131 Å². The Balaban J connectivity index is 1.76. The summed E-state index contributed by atoms with van der Waals surface area (Å²) in [5.41, 5.74) is 3.28. The summed E-state index contributed by atoms with van der Waals surface area (Å²) in [6, 6.07) is 9.90. The predicted molar refractivity (Wildman–Crippen MR) is 86.8 cm³/mol. The highest BCUT2D eigenvalue weighted by atomic mass is 16.2. The largest absolute Gasteiger partial charge is 0.312 e. The Kier molecular flexibility index (Phi) is 4.18. The van der Waals surface area contributed by atoms with Gasteiger partial charge in [0.25, 0.3) is 0 Å². The molecule has 1 aliphatic heterocycles. The molecule has 1 unspecified atom stereocenters. The van der Waals surface area contributed by atoms with Gasteiger partial charge in [0.1, 0.15) is 5.82 Å². The Morgan fingerprint density at radius 1 is 1.27 bits per heavy atom. The van der Waals surface area contributed by atoms with Gasteiger partial charge in [-0.15, -0.1) is 0 Å². The lowest BCUT2D eigenvalue weighted by molar-refractivity contribution is -0.117. The standard InChI is InChI=1S/C18H21N3O/c1-3-15-11-19-13(2)20-17(15)9-14-10-18(22)21(12-14)16-7-5-4-6-8-16/h4-8,11,14H,3,9-10,12H2,1-2H3. The topological polar surface area (TPSA) is 46.1 Å². The van der Waals surface area contributed by atoms with Crippen LogP contribution in [0.2, 0.25) is 0 Å². The molecule has 0 bridgehead atoms. The number of nitrogens with zero attached hydrogens (tertiary/aromatic N) is 3. The van der Waals surface area contributed by atoms with Crippen LogP contribution in [0, 0.1) is 12.8 Å². The average Bonchev–Trinajstić information content (AvgIpc) is 2.89. The van der Waals surface area contributed by atoms with Crippen molar-refractivity contribution >= 4 is 11.6 Å². The molecule has 2 aromatic rings. The second-order valence-corrected chi connectivity index (χ2v) is 5.86. The van der Waals surface area contributed by atoms with E-state index in [1.165, 1.54) is 5.56 Å². The van der Waals surface area contributed by atoms with Crippen LogP contribution in [0.1, 0.15) is 30.4 Å². The van der Waals surface area contributed by atoms with Crippen LogP contribution in [-0.4, -0.2) is 22.4 Å². The van der Waals surface area contributed by atoms with Gasteiger partial charge in [-0.05, 0) is 43.4 Å². The van der Waals surface area contributed by atoms with E-state index in [0.717, 1.165) is 36.6 Å². The van der Waals surface area contributed by atoms with Crippen LogP contribution in [0.25, 0.3) is 0 Å². The second kappa shape index (κ2) is 6.26. The Hall–Kier alpha value is -2.23. The first-order valence-corrected chi connectivity index (χ1v) is 7.84. The van der Waals surface area contributed by atoms with E-state index in [1.54, 1.807) is 0 Å². The number of carbonyl (C=O) groups is 1. The van der Waals surface area contributed by atoms with E-state index in [4.69, 9.17) is 0 Å². The molecule has 3 rings (SSSR count). The highest BCUT2D eigenvalue weighted by Crippen LogP contribution is 2.27. The number of para-hydroxylation sites is 1. The van der Waals surface area contributed by atoms with Gasteiger partial charge >= 0.3 is 0 Å². The number of aromatic nitrogens is 2. The van der Waals surface area contributed by atoms with Gasteiger partial charge in [0.15, 0.2) is 0 Å². The number of amides is 1. The van der Waals surface area contributed by atoms with E-state index in [0.29, 0.717) is 12.3 Å². The summed E-state index contributed by atoms with van der Waals surface area (Å²) in [5.74, 6) is 1.34. The van der Waals surface area contributed by atoms with Crippen molar-refractivity contribution in [3.63, 3.8) is 0 Å². The minimum absolute atomic E-state index is 0.208. The summed E-state index contributed by atoms with van der Waals surface area (Å²) in [5, 5.41) is 0. The third-order valence-electron chi connectivity index (χ3n) is 4.21. The lowest BCUT2D eigenvalue weighted by atomic mass is 9.99. The zero-order valence-electron chi connectivity index (χ0n) is 13.1. The predicted octanol–water partition coefficient (Wildman–Crippen LogP) is 2.94. The molecule has 4 nitrogen and oxygen atoms in total. The maximum Gasteiger partial charge on any atom is 0.227 e. The molecule has 0 N–H and O–H groups in total. The van der Waals surface area contributed by atoms with Crippen LogP contribution >= 0.6 is 0 Å². The third kappa shape index (κ3) is 3.01. The van der Waals surface area contributed by atoms with E-state index >= 15 is 0 Å². The number of anilines is 1. The number of hydrogen-bond donors (Lipinski definition) is 0. The maximum atomic E-state index is 12.3. The van der Waals surface area contributed by atoms with Crippen molar-refractivity contribution in [1.82, 2.24) is 9.97 Å². The first-order valence-electron chi connectivity index (χ1n) is 7.84. The summed E-state index contributed by atoms with van der Waals surface area (Å²) < 4.78 is 0. The number of rotatable bonds is 4. The summed E-state index contributed by atoms with van der Waals surface area (Å²) in [4.78, 5) is 23.0. The number of carbonyl (C=O) groups excluding carboxylic acids is 1. The highest BCUT2D eigenvalue weighted by molar-refractivity contribution is 5.95. The van der Waals surface area contributed by atoms with Gasteiger partial charge in [0.05, 0.1) is 0 Å². The van der Waals surface area contributed by atoms with Crippen molar-refractivity contribution in [1.29, 1.82) is 0 Å².